The summed E-state index contributed by atoms with van der Waals surface area (Å²) in [5.74, 6) is -1.28. The summed E-state index contributed by atoms with van der Waals surface area (Å²) in [6.45, 7) is 1.16. The Morgan fingerprint density at radius 3 is 2.48 bits per heavy atom. The lowest BCUT2D eigenvalue weighted by atomic mass is 10.3. The first-order valence-electron chi connectivity index (χ1n) is 7.34. The molecule has 0 fully saturated rings. The van der Waals surface area contributed by atoms with Crippen LogP contribution in [0.3, 0.4) is 0 Å². The van der Waals surface area contributed by atoms with Gasteiger partial charge in [-0.3, -0.25) is 20.4 Å². The molecule has 0 heterocycles. The van der Waals surface area contributed by atoms with Crippen molar-refractivity contribution in [3.63, 3.8) is 0 Å². The standard InChI is InChI=1S/C17H16BrFN2O4/c1-11(25-15-5-3-2-4-14(15)19)17(23)21-20-16(22)10-24-13-8-6-12(18)7-9-13/h2-9,11H,10H2,1H3,(H,20,22)(H,21,23)/t11-/m0/s1. The monoisotopic (exact) mass is 410 g/mol. The normalized spacial score (nSPS) is 11.3. The highest BCUT2D eigenvalue weighted by atomic mass is 79.9. The average Bonchev–Trinajstić information content (AvgIpc) is 2.61. The Morgan fingerprint density at radius 1 is 1.12 bits per heavy atom. The van der Waals surface area contributed by atoms with Crippen LogP contribution in [0.2, 0.25) is 0 Å². The zero-order valence-corrected chi connectivity index (χ0v) is 14.9. The fraction of sp³-hybridized carbons (Fsp3) is 0.176. The molecule has 2 aromatic rings. The molecule has 0 radical (unpaired) electrons. The van der Waals surface area contributed by atoms with E-state index >= 15 is 0 Å². The Balaban J connectivity index is 1.74. The van der Waals surface area contributed by atoms with Crippen LogP contribution < -0.4 is 20.3 Å². The largest absolute Gasteiger partial charge is 0.484 e. The molecule has 6 nitrogen and oxygen atoms in total. The third kappa shape index (κ3) is 6.07. The summed E-state index contributed by atoms with van der Waals surface area (Å²) in [4.78, 5) is 23.5. The van der Waals surface area contributed by atoms with Gasteiger partial charge in [-0.05, 0) is 43.3 Å². The summed E-state index contributed by atoms with van der Waals surface area (Å²) < 4.78 is 24.8. The molecule has 0 saturated carbocycles. The molecule has 2 amide bonds. The van der Waals surface area contributed by atoms with Crippen LogP contribution in [0, 0.1) is 5.82 Å². The number of amides is 2. The molecule has 0 bridgehead atoms. The van der Waals surface area contributed by atoms with Crippen molar-refractivity contribution in [1.29, 1.82) is 0 Å². The van der Waals surface area contributed by atoms with E-state index in [1.807, 2.05) is 0 Å². The Morgan fingerprint density at radius 2 is 1.80 bits per heavy atom. The maximum absolute atomic E-state index is 13.5. The van der Waals surface area contributed by atoms with Gasteiger partial charge in [-0.25, -0.2) is 4.39 Å². The predicted molar refractivity (Wildman–Crippen MR) is 92.4 cm³/mol. The number of halogens is 2. The van der Waals surface area contributed by atoms with Gasteiger partial charge in [-0.2, -0.15) is 0 Å². The molecule has 2 N–H and O–H groups in total. The van der Waals surface area contributed by atoms with E-state index in [2.05, 4.69) is 26.8 Å². The van der Waals surface area contributed by atoms with Crippen LogP contribution >= 0.6 is 15.9 Å². The molecule has 1 atom stereocenters. The maximum Gasteiger partial charge on any atom is 0.279 e. The second-order valence-corrected chi connectivity index (χ2v) is 5.89. The summed E-state index contributed by atoms with van der Waals surface area (Å²) in [5.41, 5.74) is 4.39. The molecule has 0 spiro atoms. The summed E-state index contributed by atoms with van der Waals surface area (Å²) in [6, 6.07) is 12.7. The lowest BCUT2D eigenvalue weighted by Crippen LogP contribution is -2.48. The van der Waals surface area contributed by atoms with Crippen molar-refractivity contribution >= 4 is 27.7 Å². The summed E-state index contributed by atoms with van der Waals surface area (Å²) in [5, 5.41) is 0. The van der Waals surface area contributed by atoms with Gasteiger partial charge >= 0.3 is 0 Å². The summed E-state index contributed by atoms with van der Waals surface area (Å²) >= 11 is 3.29. The number of benzene rings is 2. The van der Waals surface area contributed by atoms with Crippen LogP contribution in [0.15, 0.2) is 53.0 Å². The van der Waals surface area contributed by atoms with Crippen LogP contribution in [-0.4, -0.2) is 24.5 Å². The smallest absolute Gasteiger partial charge is 0.279 e. The first-order chi connectivity index (χ1) is 12.0. The molecule has 0 saturated heterocycles. The number of ether oxygens (including phenoxy) is 2. The van der Waals surface area contributed by atoms with Crippen LogP contribution in [0.1, 0.15) is 6.92 Å². The fourth-order valence-corrected chi connectivity index (χ4v) is 2.00. The first-order valence-corrected chi connectivity index (χ1v) is 8.13. The molecule has 0 aliphatic heterocycles. The van der Waals surface area contributed by atoms with Gasteiger partial charge in [-0.1, -0.05) is 28.1 Å². The van der Waals surface area contributed by atoms with Crippen molar-refractivity contribution in [1.82, 2.24) is 10.9 Å². The molecule has 0 aliphatic carbocycles. The number of hydrogen-bond acceptors (Lipinski definition) is 4. The topological polar surface area (TPSA) is 76.7 Å². The number of carbonyl (C=O) groups excluding carboxylic acids is 2. The number of carbonyl (C=O) groups is 2. The Kier molecular flexibility index (Phi) is 6.76. The van der Waals surface area contributed by atoms with Gasteiger partial charge in [-0.15, -0.1) is 0 Å². The zero-order chi connectivity index (χ0) is 18.2. The molecular weight excluding hydrogens is 395 g/mol. The van der Waals surface area contributed by atoms with Crippen LogP contribution in [0.25, 0.3) is 0 Å². The van der Waals surface area contributed by atoms with Crippen molar-refractivity contribution < 1.29 is 23.5 Å². The van der Waals surface area contributed by atoms with E-state index in [1.165, 1.54) is 25.1 Å². The maximum atomic E-state index is 13.5. The van der Waals surface area contributed by atoms with E-state index in [4.69, 9.17) is 9.47 Å². The Bertz CT molecular complexity index is 740. The minimum atomic E-state index is -0.996. The van der Waals surface area contributed by atoms with E-state index in [1.54, 1.807) is 30.3 Å². The zero-order valence-electron chi connectivity index (χ0n) is 13.3. The SMILES string of the molecule is C[C@H](Oc1ccccc1F)C(=O)NNC(=O)COc1ccc(Br)cc1. The first kappa shape index (κ1) is 18.7. The molecule has 132 valence electrons. The third-order valence-corrected chi connectivity index (χ3v) is 3.55. The van der Waals surface area contributed by atoms with Gasteiger partial charge in [0.15, 0.2) is 24.3 Å². The number of hydrazine groups is 1. The number of para-hydroxylation sites is 1. The van der Waals surface area contributed by atoms with Crippen LogP contribution in [0.4, 0.5) is 4.39 Å². The molecule has 8 heteroatoms. The quantitative estimate of drug-likeness (QED) is 0.717. The van der Waals surface area contributed by atoms with Crippen molar-refractivity contribution in [3.05, 3.63) is 58.8 Å². The van der Waals surface area contributed by atoms with E-state index in [0.717, 1.165) is 4.47 Å². The van der Waals surface area contributed by atoms with E-state index in [9.17, 15) is 14.0 Å². The Labute approximate surface area is 152 Å². The molecule has 0 unspecified atom stereocenters. The molecule has 0 aromatic heterocycles. The Hall–Kier alpha value is -2.61. The average molecular weight is 411 g/mol. The van der Waals surface area contributed by atoms with Crippen molar-refractivity contribution in [2.24, 2.45) is 0 Å². The molecule has 2 rings (SSSR count). The highest BCUT2D eigenvalue weighted by Gasteiger charge is 2.17. The van der Waals surface area contributed by atoms with Crippen LogP contribution in [0.5, 0.6) is 11.5 Å². The highest BCUT2D eigenvalue weighted by Crippen LogP contribution is 2.17. The molecular formula is C17H16BrFN2O4. The summed E-state index contributed by atoms with van der Waals surface area (Å²) in [7, 11) is 0. The number of hydrogen-bond donors (Lipinski definition) is 2. The second kappa shape index (κ2) is 9.03. The van der Waals surface area contributed by atoms with E-state index < -0.39 is 23.7 Å². The highest BCUT2D eigenvalue weighted by molar-refractivity contribution is 9.10. The predicted octanol–water partition coefficient (Wildman–Crippen LogP) is 2.58. The summed E-state index contributed by atoms with van der Waals surface area (Å²) in [6.07, 6.45) is -0.996. The van der Waals surface area contributed by atoms with E-state index in [0.29, 0.717) is 5.75 Å². The molecule has 2 aromatic carbocycles. The number of nitrogens with one attached hydrogen (secondary N) is 2. The van der Waals surface area contributed by atoms with Gasteiger partial charge in [0.1, 0.15) is 5.75 Å². The van der Waals surface area contributed by atoms with E-state index in [-0.39, 0.29) is 12.4 Å². The van der Waals surface area contributed by atoms with Crippen LogP contribution in [-0.2, 0) is 9.59 Å². The lowest BCUT2D eigenvalue weighted by molar-refractivity contribution is -0.133. The second-order valence-electron chi connectivity index (χ2n) is 4.97. The van der Waals surface area contributed by atoms with Gasteiger partial charge in [0.25, 0.3) is 11.8 Å². The molecule has 0 aliphatic rings. The van der Waals surface area contributed by atoms with Crippen molar-refractivity contribution in [2.45, 2.75) is 13.0 Å². The van der Waals surface area contributed by atoms with Gasteiger partial charge in [0.2, 0.25) is 0 Å². The van der Waals surface area contributed by atoms with Gasteiger partial charge in [0, 0.05) is 4.47 Å². The third-order valence-electron chi connectivity index (χ3n) is 3.02. The van der Waals surface area contributed by atoms with Gasteiger partial charge in [0.05, 0.1) is 0 Å². The fourth-order valence-electron chi connectivity index (χ4n) is 1.73. The van der Waals surface area contributed by atoms with Crippen molar-refractivity contribution in [2.75, 3.05) is 6.61 Å². The molecule has 25 heavy (non-hydrogen) atoms. The minimum absolute atomic E-state index is 0.0463. The minimum Gasteiger partial charge on any atom is -0.484 e. The lowest BCUT2D eigenvalue weighted by Gasteiger charge is -2.15. The van der Waals surface area contributed by atoms with Gasteiger partial charge < -0.3 is 9.47 Å². The van der Waals surface area contributed by atoms with Crippen molar-refractivity contribution in [3.8, 4) is 11.5 Å². The number of rotatable bonds is 6.